The Morgan fingerprint density at radius 1 is 1.36 bits per heavy atom. The Balaban J connectivity index is 1.88. The molecule has 22 heavy (non-hydrogen) atoms. The summed E-state index contributed by atoms with van der Waals surface area (Å²) in [6.45, 7) is 1.44. The number of ether oxygens (including phenoxy) is 1. The third-order valence-electron chi connectivity index (χ3n) is 3.97. The highest BCUT2D eigenvalue weighted by Gasteiger charge is 2.29. The number of fused-ring (bicyclic) bond motifs is 1. The Labute approximate surface area is 127 Å². The number of hydrogen-bond acceptors (Lipinski definition) is 6. The third-order valence-corrected chi connectivity index (χ3v) is 3.97. The van der Waals surface area contributed by atoms with Crippen LogP contribution in [-0.4, -0.2) is 40.4 Å². The molecule has 0 amide bonds. The molecule has 0 bridgehead atoms. The van der Waals surface area contributed by atoms with Gasteiger partial charge in [0.1, 0.15) is 5.52 Å². The fourth-order valence-electron chi connectivity index (χ4n) is 2.65. The summed E-state index contributed by atoms with van der Waals surface area (Å²) < 4.78 is 5.25. The molecule has 2 heterocycles. The van der Waals surface area contributed by atoms with Crippen LogP contribution in [-0.2, 0) is 4.74 Å². The van der Waals surface area contributed by atoms with Crippen LogP contribution in [0, 0.1) is 10.1 Å². The van der Waals surface area contributed by atoms with Crippen molar-refractivity contribution in [3.8, 4) is 0 Å². The lowest BCUT2D eigenvalue weighted by atomic mass is 9.94. The predicted molar refractivity (Wildman–Crippen MR) is 81.9 cm³/mol. The Kier molecular flexibility index (Phi) is 3.91. The summed E-state index contributed by atoms with van der Waals surface area (Å²) in [5.74, 6) is 0. The fraction of sp³-hybridized carbons (Fsp3) is 0.400. The zero-order chi connectivity index (χ0) is 15.6. The summed E-state index contributed by atoms with van der Waals surface area (Å²) in [4.78, 5) is 14.9. The highest BCUT2D eigenvalue weighted by Crippen LogP contribution is 2.30. The average Bonchev–Trinajstić information content (AvgIpc) is 2.53. The van der Waals surface area contributed by atoms with Gasteiger partial charge in [-0.3, -0.25) is 15.1 Å². The van der Waals surface area contributed by atoms with Crippen LogP contribution in [0.2, 0.25) is 0 Å². The number of pyridine rings is 1. The highest BCUT2D eigenvalue weighted by molar-refractivity contribution is 5.96. The van der Waals surface area contributed by atoms with E-state index in [-0.39, 0.29) is 5.69 Å². The number of nitrogens with one attached hydrogen (secondary N) is 1. The molecule has 0 radical (unpaired) electrons. The van der Waals surface area contributed by atoms with E-state index in [4.69, 9.17) is 4.74 Å². The largest absolute Gasteiger partial charge is 0.388 e. The van der Waals surface area contributed by atoms with E-state index >= 15 is 0 Å². The first kappa shape index (κ1) is 14.7. The number of aliphatic hydroxyl groups is 1. The van der Waals surface area contributed by atoms with Crippen molar-refractivity contribution in [1.82, 2.24) is 4.98 Å². The van der Waals surface area contributed by atoms with Crippen LogP contribution in [0.1, 0.15) is 12.8 Å². The van der Waals surface area contributed by atoms with Crippen molar-refractivity contribution in [3.05, 3.63) is 40.6 Å². The number of non-ortho nitro benzene ring substituents is 1. The number of aromatic nitrogens is 1. The summed E-state index contributed by atoms with van der Waals surface area (Å²) >= 11 is 0. The maximum absolute atomic E-state index is 11.1. The molecule has 1 aromatic carbocycles. The minimum absolute atomic E-state index is 0.0263. The molecule has 0 atom stereocenters. The zero-order valence-corrected chi connectivity index (χ0v) is 12.0. The molecular weight excluding hydrogens is 286 g/mol. The van der Waals surface area contributed by atoms with Gasteiger partial charge in [-0.05, 0) is 18.2 Å². The topological polar surface area (TPSA) is 97.5 Å². The Morgan fingerprint density at radius 2 is 2.14 bits per heavy atom. The first-order valence-corrected chi connectivity index (χ1v) is 7.15. The molecule has 0 saturated carbocycles. The van der Waals surface area contributed by atoms with Gasteiger partial charge in [-0.25, -0.2) is 0 Å². The first-order chi connectivity index (χ1) is 10.6. The zero-order valence-electron chi connectivity index (χ0n) is 12.0. The lowest BCUT2D eigenvalue weighted by Crippen LogP contribution is -2.42. The summed E-state index contributed by atoms with van der Waals surface area (Å²) in [7, 11) is 0. The molecule has 0 spiro atoms. The van der Waals surface area contributed by atoms with Gasteiger partial charge in [0.05, 0.1) is 21.6 Å². The Hall–Kier alpha value is -2.25. The second kappa shape index (κ2) is 5.86. The van der Waals surface area contributed by atoms with Crippen molar-refractivity contribution >= 4 is 22.3 Å². The van der Waals surface area contributed by atoms with Gasteiger partial charge in [-0.1, -0.05) is 0 Å². The maximum Gasteiger partial charge on any atom is 0.278 e. The molecule has 7 nitrogen and oxygen atoms in total. The van der Waals surface area contributed by atoms with Crippen LogP contribution < -0.4 is 5.32 Å². The van der Waals surface area contributed by atoms with Crippen LogP contribution in [0.5, 0.6) is 0 Å². The smallest absolute Gasteiger partial charge is 0.278 e. The van der Waals surface area contributed by atoms with Crippen LogP contribution in [0.4, 0.5) is 11.4 Å². The Morgan fingerprint density at radius 3 is 2.86 bits per heavy atom. The standard InChI is InChI=1S/C15H17N3O4/c19-15(5-8-22-9-6-15)10-17-12-3-4-13(18(20)21)11-2-1-7-16-14(11)12/h1-4,7,17,19H,5-6,8-10H2. The quantitative estimate of drug-likeness (QED) is 0.663. The highest BCUT2D eigenvalue weighted by atomic mass is 16.6. The van der Waals surface area contributed by atoms with Gasteiger partial charge in [0.15, 0.2) is 0 Å². The first-order valence-electron chi connectivity index (χ1n) is 7.15. The Bertz CT molecular complexity index is 698. The van der Waals surface area contributed by atoms with Gasteiger partial charge in [0.25, 0.3) is 5.69 Å². The second-order valence-electron chi connectivity index (χ2n) is 5.48. The number of nitrogens with zero attached hydrogens (tertiary/aromatic N) is 2. The van der Waals surface area contributed by atoms with Crippen molar-refractivity contribution in [3.63, 3.8) is 0 Å². The van der Waals surface area contributed by atoms with Crippen molar-refractivity contribution < 1.29 is 14.8 Å². The molecular formula is C15H17N3O4. The van der Waals surface area contributed by atoms with Crippen LogP contribution in [0.3, 0.4) is 0 Å². The summed E-state index contributed by atoms with van der Waals surface area (Å²) in [5.41, 5.74) is 0.424. The number of nitro benzene ring substituents is 1. The second-order valence-corrected chi connectivity index (χ2v) is 5.48. The van der Waals surface area contributed by atoms with Crippen molar-refractivity contribution in [2.45, 2.75) is 18.4 Å². The van der Waals surface area contributed by atoms with Gasteiger partial charge < -0.3 is 15.2 Å². The van der Waals surface area contributed by atoms with E-state index in [1.807, 2.05) is 0 Å². The molecule has 1 aliphatic rings. The lowest BCUT2D eigenvalue weighted by Gasteiger charge is -2.32. The van der Waals surface area contributed by atoms with E-state index in [1.54, 1.807) is 24.4 Å². The third kappa shape index (κ3) is 2.86. The van der Waals surface area contributed by atoms with Crippen molar-refractivity contribution in [2.75, 3.05) is 25.1 Å². The molecule has 2 aromatic rings. The summed E-state index contributed by atoms with van der Waals surface area (Å²) in [6, 6.07) is 6.44. The fourth-order valence-corrected chi connectivity index (χ4v) is 2.65. The van der Waals surface area contributed by atoms with Crippen molar-refractivity contribution in [1.29, 1.82) is 0 Å². The minimum Gasteiger partial charge on any atom is -0.388 e. The molecule has 7 heteroatoms. The van der Waals surface area contributed by atoms with Gasteiger partial charge in [-0.15, -0.1) is 0 Å². The molecule has 1 saturated heterocycles. The van der Waals surface area contributed by atoms with E-state index in [0.29, 0.717) is 49.2 Å². The molecule has 1 fully saturated rings. The minimum atomic E-state index is -0.818. The van der Waals surface area contributed by atoms with Crippen molar-refractivity contribution in [2.24, 2.45) is 0 Å². The van der Waals surface area contributed by atoms with E-state index in [9.17, 15) is 15.2 Å². The predicted octanol–water partition coefficient (Wildman–Crippen LogP) is 2.10. The van der Waals surface area contributed by atoms with E-state index in [2.05, 4.69) is 10.3 Å². The molecule has 0 aliphatic carbocycles. The monoisotopic (exact) mass is 303 g/mol. The lowest BCUT2D eigenvalue weighted by molar-refractivity contribution is -0.383. The van der Waals surface area contributed by atoms with Gasteiger partial charge in [-0.2, -0.15) is 0 Å². The van der Waals surface area contributed by atoms with E-state index in [1.165, 1.54) is 6.07 Å². The number of benzene rings is 1. The number of nitro groups is 1. The average molecular weight is 303 g/mol. The number of rotatable bonds is 4. The SMILES string of the molecule is O=[N+]([O-])c1ccc(NCC2(O)CCOCC2)c2ncccc12. The van der Waals surface area contributed by atoms with Crippen LogP contribution >= 0.6 is 0 Å². The maximum atomic E-state index is 11.1. The normalized spacial score (nSPS) is 17.3. The van der Waals surface area contributed by atoms with Crippen LogP contribution in [0.15, 0.2) is 30.5 Å². The molecule has 1 aliphatic heterocycles. The molecule has 1 aromatic heterocycles. The summed E-state index contributed by atoms with van der Waals surface area (Å²) in [5, 5.41) is 25.2. The summed E-state index contributed by atoms with van der Waals surface area (Å²) in [6.07, 6.45) is 2.73. The van der Waals surface area contributed by atoms with E-state index < -0.39 is 10.5 Å². The number of anilines is 1. The van der Waals surface area contributed by atoms with Gasteiger partial charge in [0.2, 0.25) is 0 Å². The molecule has 2 N–H and O–H groups in total. The van der Waals surface area contributed by atoms with Gasteiger partial charge >= 0.3 is 0 Å². The molecule has 3 rings (SSSR count). The number of hydrogen-bond donors (Lipinski definition) is 2. The van der Waals surface area contributed by atoms with E-state index in [0.717, 1.165) is 0 Å². The van der Waals surface area contributed by atoms with Crippen LogP contribution in [0.25, 0.3) is 10.9 Å². The van der Waals surface area contributed by atoms with Gasteiger partial charge in [0, 0.05) is 44.9 Å². The molecule has 116 valence electrons. The molecule has 0 unspecified atom stereocenters.